The van der Waals surface area contributed by atoms with E-state index in [1.807, 2.05) is 47.1 Å². The lowest BCUT2D eigenvalue weighted by atomic mass is 9.80. The molecular formula is C28H32F2N3O3P. The number of rotatable bonds is 12. The molecule has 0 saturated heterocycles. The minimum Gasteiger partial charge on any atom is -0.304 e. The van der Waals surface area contributed by atoms with Gasteiger partial charge < -0.3 is 9.05 Å². The van der Waals surface area contributed by atoms with Crippen LogP contribution in [0.5, 0.6) is 0 Å². The maximum absolute atomic E-state index is 15.3. The van der Waals surface area contributed by atoms with Gasteiger partial charge in [0.15, 0.2) is 0 Å². The number of nitrogens with zero attached hydrogens (tertiary/aromatic N) is 3. The molecule has 1 aromatic heterocycles. The molecule has 4 rings (SSSR count). The lowest BCUT2D eigenvalue weighted by Crippen LogP contribution is -2.38. The molecule has 0 bridgehead atoms. The van der Waals surface area contributed by atoms with Crippen molar-refractivity contribution < 1.29 is 22.4 Å². The standard InChI is InChI=1S/C28H32F2N3O3P/c1-4-20-27(23-12-8-7-9-13-23,33-26-15-11-10-14-25(26)31-32-33)21-22-16-18-24(19-17-22)28(29,30)37(34,35-5-2)36-6-3/h7-19H,4-6,20-21H2,1-3H3. The molecule has 37 heavy (non-hydrogen) atoms. The number of para-hydroxylation sites is 1. The highest BCUT2D eigenvalue weighted by Crippen LogP contribution is 2.66. The van der Waals surface area contributed by atoms with Gasteiger partial charge in [-0.3, -0.25) is 4.57 Å². The van der Waals surface area contributed by atoms with Crippen LogP contribution in [0.15, 0.2) is 78.9 Å². The van der Waals surface area contributed by atoms with E-state index >= 15 is 8.78 Å². The Balaban J connectivity index is 1.78. The van der Waals surface area contributed by atoms with Crippen LogP contribution < -0.4 is 0 Å². The fourth-order valence-electron chi connectivity index (χ4n) is 4.84. The minimum atomic E-state index is -4.68. The van der Waals surface area contributed by atoms with Crippen LogP contribution in [0.2, 0.25) is 0 Å². The predicted octanol–water partition coefficient (Wildman–Crippen LogP) is 7.53. The van der Waals surface area contributed by atoms with Crippen molar-refractivity contribution in [2.24, 2.45) is 0 Å². The fraction of sp³-hybridized carbons (Fsp3) is 0.357. The van der Waals surface area contributed by atoms with E-state index < -0.39 is 24.4 Å². The molecule has 1 unspecified atom stereocenters. The summed E-state index contributed by atoms with van der Waals surface area (Å²) in [6.45, 7) is 4.84. The molecule has 0 spiro atoms. The zero-order chi connectivity index (χ0) is 26.5. The van der Waals surface area contributed by atoms with Crippen LogP contribution in [-0.2, 0) is 31.2 Å². The van der Waals surface area contributed by atoms with Gasteiger partial charge in [-0.15, -0.1) is 5.10 Å². The zero-order valence-corrected chi connectivity index (χ0v) is 22.2. The summed E-state index contributed by atoms with van der Waals surface area (Å²) in [5.74, 6) is 0. The second-order valence-electron chi connectivity index (χ2n) is 8.89. The highest BCUT2D eigenvalue weighted by atomic mass is 31.2. The molecular weight excluding hydrogens is 495 g/mol. The molecule has 0 N–H and O–H groups in total. The molecule has 3 aromatic carbocycles. The summed E-state index contributed by atoms with van der Waals surface area (Å²) in [4.78, 5) is 0. The Kier molecular flexibility index (Phi) is 8.22. The van der Waals surface area contributed by atoms with Gasteiger partial charge in [0.05, 0.1) is 24.3 Å². The lowest BCUT2D eigenvalue weighted by molar-refractivity contribution is 0.0360. The molecule has 1 heterocycles. The summed E-state index contributed by atoms with van der Waals surface area (Å²) < 4.78 is 55.3. The van der Waals surface area contributed by atoms with Crippen molar-refractivity contribution in [3.63, 3.8) is 0 Å². The molecule has 0 radical (unpaired) electrons. The van der Waals surface area contributed by atoms with Crippen LogP contribution in [-0.4, -0.2) is 28.2 Å². The number of aromatic nitrogens is 3. The molecule has 4 aromatic rings. The van der Waals surface area contributed by atoms with Gasteiger partial charge >= 0.3 is 13.3 Å². The van der Waals surface area contributed by atoms with Crippen molar-refractivity contribution in [2.45, 2.75) is 51.2 Å². The Morgan fingerprint density at radius 2 is 1.46 bits per heavy atom. The van der Waals surface area contributed by atoms with Gasteiger partial charge in [-0.1, -0.05) is 85.3 Å². The third-order valence-electron chi connectivity index (χ3n) is 6.47. The number of fused-ring (bicyclic) bond motifs is 1. The van der Waals surface area contributed by atoms with Crippen molar-refractivity contribution in [1.29, 1.82) is 0 Å². The van der Waals surface area contributed by atoms with Gasteiger partial charge in [-0.2, -0.15) is 8.78 Å². The Bertz CT molecular complexity index is 1350. The molecule has 1 atom stereocenters. The van der Waals surface area contributed by atoms with Crippen molar-refractivity contribution in [1.82, 2.24) is 15.0 Å². The third kappa shape index (κ3) is 5.11. The summed E-state index contributed by atoms with van der Waals surface area (Å²) in [5.41, 5.74) is -1.21. The maximum atomic E-state index is 15.3. The third-order valence-corrected chi connectivity index (χ3v) is 8.61. The highest BCUT2D eigenvalue weighted by molar-refractivity contribution is 7.54. The monoisotopic (exact) mass is 527 g/mol. The van der Waals surface area contributed by atoms with Crippen LogP contribution in [0.3, 0.4) is 0 Å². The van der Waals surface area contributed by atoms with E-state index in [9.17, 15) is 4.57 Å². The van der Waals surface area contributed by atoms with E-state index in [2.05, 4.69) is 29.4 Å². The van der Waals surface area contributed by atoms with Gasteiger partial charge in [-0.05, 0) is 43.5 Å². The molecule has 0 aliphatic rings. The van der Waals surface area contributed by atoms with E-state index in [-0.39, 0.29) is 13.2 Å². The summed E-state index contributed by atoms with van der Waals surface area (Å²) in [5, 5.41) is 8.96. The first kappa shape index (κ1) is 27.1. The first-order valence-electron chi connectivity index (χ1n) is 12.5. The molecule has 0 aliphatic carbocycles. The average molecular weight is 528 g/mol. The normalized spacial score (nSPS) is 14.1. The van der Waals surface area contributed by atoms with Crippen LogP contribution in [0, 0.1) is 0 Å². The predicted molar refractivity (Wildman–Crippen MR) is 141 cm³/mol. The molecule has 6 nitrogen and oxygen atoms in total. The van der Waals surface area contributed by atoms with Gasteiger partial charge in [0.25, 0.3) is 0 Å². The molecule has 196 valence electrons. The number of benzene rings is 3. The Hall–Kier alpha value is -2.93. The van der Waals surface area contributed by atoms with Gasteiger partial charge in [0, 0.05) is 12.0 Å². The fourth-order valence-corrected chi connectivity index (χ4v) is 6.39. The van der Waals surface area contributed by atoms with Gasteiger partial charge in [0.1, 0.15) is 5.52 Å². The minimum absolute atomic E-state index is 0.145. The quantitative estimate of drug-likeness (QED) is 0.178. The summed E-state index contributed by atoms with van der Waals surface area (Å²) >= 11 is 0. The van der Waals surface area contributed by atoms with Crippen LogP contribution in [0.1, 0.15) is 50.3 Å². The summed E-state index contributed by atoms with van der Waals surface area (Å²) in [6.07, 6.45) is 2.12. The van der Waals surface area contributed by atoms with E-state index in [4.69, 9.17) is 9.05 Å². The van der Waals surface area contributed by atoms with Crippen LogP contribution in [0.25, 0.3) is 11.0 Å². The Labute approximate surface area is 216 Å². The van der Waals surface area contributed by atoms with Gasteiger partial charge in [-0.25, -0.2) is 4.68 Å². The zero-order valence-electron chi connectivity index (χ0n) is 21.3. The molecule has 0 fully saturated rings. The Morgan fingerprint density at radius 1 is 0.838 bits per heavy atom. The highest BCUT2D eigenvalue weighted by Gasteiger charge is 2.54. The smallest absolute Gasteiger partial charge is 0.304 e. The first-order valence-corrected chi connectivity index (χ1v) is 14.1. The molecule has 9 heteroatoms. The summed E-state index contributed by atoms with van der Waals surface area (Å²) in [7, 11) is -4.68. The molecule has 0 saturated carbocycles. The number of hydrogen-bond donors (Lipinski definition) is 0. The second-order valence-corrected chi connectivity index (χ2v) is 11.0. The second kappa shape index (κ2) is 11.2. The molecule has 0 aliphatic heterocycles. The van der Waals surface area contributed by atoms with Crippen molar-refractivity contribution >= 4 is 18.6 Å². The van der Waals surface area contributed by atoms with E-state index in [1.165, 1.54) is 26.0 Å². The summed E-state index contributed by atoms with van der Waals surface area (Å²) in [6, 6.07) is 23.8. The first-order chi connectivity index (χ1) is 17.8. The van der Waals surface area contributed by atoms with Crippen molar-refractivity contribution in [2.75, 3.05) is 13.2 Å². The number of halogens is 2. The number of alkyl halides is 2. The Morgan fingerprint density at radius 3 is 2.08 bits per heavy atom. The van der Waals surface area contributed by atoms with E-state index in [0.29, 0.717) is 6.42 Å². The van der Waals surface area contributed by atoms with E-state index in [1.54, 1.807) is 12.1 Å². The van der Waals surface area contributed by atoms with Crippen LogP contribution in [0.4, 0.5) is 8.78 Å². The number of hydrogen-bond acceptors (Lipinski definition) is 5. The SMILES string of the molecule is CCCC(Cc1ccc(C(F)(F)P(=O)(OCC)OCC)cc1)(c1ccccc1)n1nnc2ccccc21. The van der Waals surface area contributed by atoms with Gasteiger partial charge in [0.2, 0.25) is 0 Å². The lowest BCUT2D eigenvalue weighted by Gasteiger charge is -2.35. The largest absolute Gasteiger partial charge is 0.404 e. The topological polar surface area (TPSA) is 66.2 Å². The average Bonchev–Trinajstić information content (AvgIpc) is 3.34. The van der Waals surface area contributed by atoms with Crippen molar-refractivity contribution in [3.05, 3.63) is 95.6 Å². The maximum Gasteiger partial charge on any atom is 0.404 e. The molecule has 0 amide bonds. The van der Waals surface area contributed by atoms with Crippen molar-refractivity contribution in [3.8, 4) is 0 Å². The van der Waals surface area contributed by atoms with E-state index in [0.717, 1.165) is 35.0 Å². The van der Waals surface area contributed by atoms with Crippen LogP contribution >= 0.6 is 7.60 Å².